The molecular formula is C19H22N2O3S. The second kappa shape index (κ2) is 6.52. The Bertz CT molecular complexity index is 837. The van der Waals surface area contributed by atoms with E-state index in [1.54, 1.807) is 22.6 Å². The molecule has 0 spiro atoms. The third-order valence-electron chi connectivity index (χ3n) is 5.24. The molecule has 1 aliphatic heterocycles. The minimum atomic E-state index is -3.46. The number of ether oxygens (including phenoxy) is 1. The molecule has 2 heterocycles. The van der Waals surface area contributed by atoms with Crippen LogP contribution in [0.3, 0.4) is 0 Å². The van der Waals surface area contributed by atoms with E-state index >= 15 is 0 Å². The van der Waals surface area contributed by atoms with E-state index in [2.05, 4.69) is 4.98 Å². The van der Waals surface area contributed by atoms with E-state index in [1.165, 1.54) is 0 Å². The first-order valence-corrected chi connectivity index (χ1v) is 10.1. The lowest BCUT2D eigenvalue weighted by molar-refractivity contribution is 0.0200. The van der Waals surface area contributed by atoms with Gasteiger partial charge in [0.25, 0.3) is 0 Å². The highest BCUT2D eigenvalue weighted by atomic mass is 32.2. The molecule has 3 atom stereocenters. The van der Waals surface area contributed by atoms with Gasteiger partial charge in [0, 0.05) is 18.7 Å². The number of benzene rings is 1. The standard InChI is InChI=1S/C19H22N2O3S/c1-14-5-8-17(9-6-14)25(22,23)21-12-15-7-10-18(21)19(15)24-13-16-4-2-3-11-20-16/h2-6,8-9,11,15,18-19H,7,10,12-13H2,1H3. The summed E-state index contributed by atoms with van der Waals surface area (Å²) >= 11 is 0. The molecule has 0 N–H and O–H groups in total. The molecule has 1 saturated carbocycles. The van der Waals surface area contributed by atoms with Crippen molar-refractivity contribution >= 4 is 10.0 Å². The summed E-state index contributed by atoms with van der Waals surface area (Å²) in [5.41, 5.74) is 1.93. The maximum atomic E-state index is 13.0. The molecule has 132 valence electrons. The lowest BCUT2D eigenvalue weighted by Crippen LogP contribution is -2.39. The van der Waals surface area contributed by atoms with Crippen LogP contribution in [0.2, 0.25) is 0 Å². The van der Waals surface area contributed by atoms with E-state index < -0.39 is 10.0 Å². The fraction of sp³-hybridized carbons (Fsp3) is 0.421. The van der Waals surface area contributed by atoms with Crippen LogP contribution in [0.15, 0.2) is 53.6 Å². The molecule has 0 radical (unpaired) electrons. The number of nitrogens with zero attached hydrogens (tertiary/aromatic N) is 2. The van der Waals surface area contributed by atoms with E-state index in [-0.39, 0.29) is 18.1 Å². The SMILES string of the molecule is Cc1ccc(S(=O)(=O)N2CC3CCC2C3OCc2ccccn2)cc1. The van der Waals surface area contributed by atoms with Gasteiger partial charge in [-0.2, -0.15) is 4.31 Å². The molecule has 3 unspecified atom stereocenters. The van der Waals surface area contributed by atoms with Crippen LogP contribution in [0.5, 0.6) is 0 Å². The molecule has 2 bridgehead atoms. The summed E-state index contributed by atoms with van der Waals surface area (Å²) in [7, 11) is -3.46. The monoisotopic (exact) mass is 358 g/mol. The van der Waals surface area contributed by atoms with Crippen molar-refractivity contribution in [1.82, 2.24) is 9.29 Å². The quantitative estimate of drug-likeness (QED) is 0.825. The lowest BCUT2D eigenvalue weighted by atomic mass is 10.1. The molecular weight excluding hydrogens is 336 g/mol. The average Bonchev–Trinajstić information content (AvgIpc) is 3.18. The molecule has 1 aromatic carbocycles. The Hall–Kier alpha value is -1.76. The van der Waals surface area contributed by atoms with Crippen LogP contribution in [0.4, 0.5) is 0 Å². The molecule has 1 saturated heterocycles. The summed E-state index contributed by atoms with van der Waals surface area (Å²) in [6.07, 6.45) is 3.60. The van der Waals surface area contributed by atoms with Crippen LogP contribution in [0.25, 0.3) is 0 Å². The number of hydrogen-bond acceptors (Lipinski definition) is 4. The van der Waals surface area contributed by atoms with Crippen molar-refractivity contribution in [1.29, 1.82) is 0 Å². The number of hydrogen-bond donors (Lipinski definition) is 0. The van der Waals surface area contributed by atoms with Crippen molar-refractivity contribution in [3.8, 4) is 0 Å². The van der Waals surface area contributed by atoms with E-state index in [4.69, 9.17) is 4.74 Å². The van der Waals surface area contributed by atoms with Crippen LogP contribution in [-0.4, -0.2) is 36.4 Å². The summed E-state index contributed by atoms with van der Waals surface area (Å²) in [5.74, 6) is 0.272. The second-order valence-electron chi connectivity index (χ2n) is 6.89. The Balaban J connectivity index is 1.51. The first-order valence-electron chi connectivity index (χ1n) is 8.66. The Morgan fingerprint density at radius 1 is 1.16 bits per heavy atom. The maximum Gasteiger partial charge on any atom is 0.243 e. The van der Waals surface area contributed by atoms with Gasteiger partial charge in [-0.05, 0) is 44.0 Å². The van der Waals surface area contributed by atoms with Gasteiger partial charge in [-0.1, -0.05) is 23.8 Å². The maximum absolute atomic E-state index is 13.0. The first-order chi connectivity index (χ1) is 12.1. The molecule has 2 aliphatic rings. The van der Waals surface area contributed by atoms with Crippen molar-refractivity contribution in [2.45, 2.75) is 43.4 Å². The number of aryl methyl sites for hydroxylation is 1. The van der Waals surface area contributed by atoms with Gasteiger partial charge in [0.15, 0.2) is 0 Å². The van der Waals surface area contributed by atoms with Gasteiger partial charge >= 0.3 is 0 Å². The van der Waals surface area contributed by atoms with E-state index in [0.29, 0.717) is 18.0 Å². The largest absolute Gasteiger partial charge is 0.370 e. The van der Waals surface area contributed by atoms with E-state index in [1.807, 2.05) is 37.3 Å². The molecule has 1 aromatic heterocycles. The predicted molar refractivity (Wildman–Crippen MR) is 94.4 cm³/mol. The summed E-state index contributed by atoms with van der Waals surface area (Å²) in [6.45, 7) is 2.93. The van der Waals surface area contributed by atoms with Crippen molar-refractivity contribution in [2.75, 3.05) is 6.54 Å². The fourth-order valence-corrected chi connectivity index (χ4v) is 5.65. The van der Waals surface area contributed by atoms with Crippen LogP contribution < -0.4 is 0 Å². The third-order valence-corrected chi connectivity index (χ3v) is 7.14. The predicted octanol–water partition coefficient (Wildman–Crippen LogP) is 2.76. The third kappa shape index (κ3) is 3.10. The molecule has 25 heavy (non-hydrogen) atoms. The van der Waals surface area contributed by atoms with Gasteiger partial charge < -0.3 is 4.74 Å². The highest BCUT2D eigenvalue weighted by Gasteiger charge is 2.52. The molecule has 1 aliphatic carbocycles. The number of sulfonamides is 1. The highest BCUT2D eigenvalue weighted by molar-refractivity contribution is 7.89. The van der Waals surface area contributed by atoms with Crippen LogP contribution >= 0.6 is 0 Å². The van der Waals surface area contributed by atoms with E-state index in [9.17, 15) is 8.42 Å². The topological polar surface area (TPSA) is 59.5 Å². The van der Waals surface area contributed by atoms with Crippen molar-refractivity contribution in [3.05, 3.63) is 59.9 Å². The highest BCUT2D eigenvalue weighted by Crippen LogP contribution is 2.42. The zero-order valence-corrected chi connectivity index (χ0v) is 15.0. The molecule has 4 rings (SSSR count). The minimum Gasteiger partial charge on any atom is -0.370 e. The summed E-state index contributed by atoms with van der Waals surface area (Å²) in [5, 5.41) is 0. The normalized spacial score (nSPS) is 26.2. The number of fused-ring (bicyclic) bond motifs is 2. The van der Waals surface area contributed by atoms with Crippen molar-refractivity contribution in [3.63, 3.8) is 0 Å². The average molecular weight is 358 g/mol. The summed E-state index contributed by atoms with van der Waals surface area (Å²) in [4.78, 5) is 4.65. The number of aromatic nitrogens is 1. The lowest BCUT2D eigenvalue weighted by Gasteiger charge is -2.26. The molecule has 2 aromatic rings. The minimum absolute atomic E-state index is 0.0396. The van der Waals surface area contributed by atoms with Gasteiger partial charge in [-0.15, -0.1) is 0 Å². The van der Waals surface area contributed by atoms with E-state index in [0.717, 1.165) is 24.1 Å². The zero-order chi connectivity index (χ0) is 17.4. The van der Waals surface area contributed by atoms with Crippen molar-refractivity contribution in [2.24, 2.45) is 5.92 Å². The summed E-state index contributed by atoms with van der Waals surface area (Å²) < 4.78 is 33.8. The smallest absolute Gasteiger partial charge is 0.243 e. The molecule has 6 heteroatoms. The van der Waals surface area contributed by atoms with Gasteiger partial charge in [0.05, 0.1) is 29.3 Å². The number of rotatable bonds is 5. The van der Waals surface area contributed by atoms with Crippen molar-refractivity contribution < 1.29 is 13.2 Å². The molecule has 2 fully saturated rings. The summed E-state index contributed by atoms with van der Waals surface area (Å²) in [6, 6.07) is 12.7. The van der Waals surface area contributed by atoms with Crippen LogP contribution in [-0.2, 0) is 21.4 Å². The Labute approximate surface area is 148 Å². The van der Waals surface area contributed by atoms with Gasteiger partial charge in [-0.25, -0.2) is 8.42 Å². The van der Waals surface area contributed by atoms with Crippen LogP contribution in [0, 0.1) is 12.8 Å². The Morgan fingerprint density at radius 2 is 1.96 bits per heavy atom. The second-order valence-corrected chi connectivity index (χ2v) is 8.78. The molecule has 0 amide bonds. The molecule has 5 nitrogen and oxygen atoms in total. The zero-order valence-electron chi connectivity index (χ0n) is 14.2. The Morgan fingerprint density at radius 3 is 2.68 bits per heavy atom. The van der Waals surface area contributed by atoms with Crippen LogP contribution in [0.1, 0.15) is 24.1 Å². The first kappa shape index (κ1) is 16.7. The number of pyridine rings is 1. The van der Waals surface area contributed by atoms with Gasteiger partial charge in [0.2, 0.25) is 10.0 Å². The Kier molecular flexibility index (Phi) is 4.35. The fourth-order valence-electron chi connectivity index (χ4n) is 3.93. The number of piperidine rings is 1. The van der Waals surface area contributed by atoms with Gasteiger partial charge in [0.1, 0.15) is 0 Å². The van der Waals surface area contributed by atoms with Gasteiger partial charge in [-0.3, -0.25) is 4.98 Å².